The third kappa shape index (κ3) is 31.8. The molecule has 0 aliphatic heterocycles. The molecule has 0 aromatic rings. The second kappa shape index (κ2) is 35.1. The molecule has 0 bridgehead atoms. The van der Waals surface area contributed by atoms with Gasteiger partial charge in [-0.1, -0.05) is 179 Å². The van der Waals surface area contributed by atoms with E-state index in [1.54, 1.807) is 6.08 Å². The average Bonchev–Trinajstić information content (AvgIpc) is 3.01. The number of aliphatic hydroxyl groups excluding tert-OH is 2. The van der Waals surface area contributed by atoms with E-state index in [9.17, 15) is 15.0 Å². The fraction of sp³-hybridized carbons (Fsp3) is 0.821. The Morgan fingerprint density at radius 3 is 1.40 bits per heavy atom. The summed E-state index contributed by atoms with van der Waals surface area (Å²) < 4.78 is 0. The van der Waals surface area contributed by atoms with Gasteiger partial charge in [0.2, 0.25) is 5.91 Å². The van der Waals surface area contributed by atoms with E-state index in [1.165, 1.54) is 135 Å². The van der Waals surface area contributed by atoms with E-state index < -0.39 is 12.1 Å². The summed E-state index contributed by atoms with van der Waals surface area (Å²) in [4.78, 5) is 12.3. The molecule has 1 amide bonds. The number of aliphatic hydroxyl groups is 2. The summed E-state index contributed by atoms with van der Waals surface area (Å²) in [6.07, 6.45) is 45.3. The predicted octanol–water partition coefficient (Wildman–Crippen LogP) is 11.1. The summed E-state index contributed by atoms with van der Waals surface area (Å²) in [5.41, 5.74) is 0. The highest BCUT2D eigenvalue weighted by atomic mass is 16.3. The molecule has 0 heterocycles. The van der Waals surface area contributed by atoms with E-state index >= 15 is 0 Å². The topological polar surface area (TPSA) is 69.6 Å². The second-order valence-corrected chi connectivity index (χ2v) is 12.6. The molecule has 2 unspecified atom stereocenters. The molecule has 0 aliphatic carbocycles. The Labute approximate surface area is 268 Å². The highest BCUT2D eigenvalue weighted by molar-refractivity contribution is 5.76. The molecular formula is C39H73NO3. The van der Waals surface area contributed by atoms with Crippen molar-refractivity contribution in [3.8, 4) is 0 Å². The van der Waals surface area contributed by atoms with Crippen LogP contribution in [-0.2, 0) is 4.79 Å². The molecule has 252 valence electrons. The van der Waals surface area contributed by atoms with E-state index in [0.717, 1.165) is 25.7 Å². The Bertz CT molecular complexity index is 657. The van der Waals surface area contributed by atoms with Crippen LogP contribution in [-0.4, -0.2) is 34.9 Å². The lowest BCUT2D eigenvalue weighted by Crippen LogP contribution is -2.45. The molecule has 0 saturated heterocycles. The van der Waals surface area contributed by atoms with Crippen molar-refractivity contribution in [2.24, 2.45) is 0 Å². The van der Waals surface area contributed by atoms with E-state index in [0.29, 0.717) is 12.8 Å². The minimum atomic E-state index is -0.859. The Morgan fingerprint density at radius 1 is 0.558 bits per heavy atom. The van der Waals surface area contributed by atoms with Gasteiger partial charge in [0.1, 0.15) is 0 Å². The van der Waals surface area contributed by atoms with Crippen LogP contribution in [0.15, 0.2) is 36.5 Å². The molecule has 0 aliphatic rings. The van der Waals surface area contributed by atoms with Crippen molar-refractivity contribution in [1.82, 2.24) is 5.32 Å². The molecule has 0 aromatic carbocycles. The number of carbonyl (C=O) groups is 1. The molecule has 3 N–H and O–H groups in total. The Morgan fingerprint density at radius 2 is 0.953 bits per heavy atom. The molecule has 0 fully saturated rings. The van der Waals surface area contributed by atoms with Gasteiger partial charge in [0.15, 0.2) is 0 Å². The largest absolute Gasteiger partial charge is 0.394 e. The highest BCUT2D eigenvalue weighted by Crippen LogP contribution is 2.14. The molecular weight excluding hydrogens is 530 g/mol. The van der Waals surface area contributed by atoms with Gasteiger partial charge in [-0.3, -0.25) is 4.79 Å². The first-order valence-corrected chi connectivity index (χ1v) is 18.7. The number of amides is 1. The fourth-order valence-corrected chi connectivity index (χ4v) is 5.46. The van der Waals surface area contributed by atoms with Gasteiger partial charge in [0.05, 0.1) is 18.8 Å². The van der Waals surface area contributed by atoms with Crippen LogP contribution in [0.3, 0.4) is 0 Å². The van der Waals surface area contributed by atoms with Crippen LogP contribution >= 0.6 is 0 Å². The van der Waals surface area contributed by atoms with Crippen LogP contribution in [0.25, 0.3) is 0 Å². The van der Waals surface area contributed by atoms with Gasteiger partial charge in [0, 0.05) is 6.42 Å². The molecule has 4 heteroatoms. The van der Waals surface area contributed by atoms with E-state index in [4.69, 9.17) is 0 Å². The Kier molecular flexibility index (Phi) is 34.0. The Balaban J connectivity index is 3.68. The first kappa shape index (κ1) is 41.6. The summed E-state index contributed by atoms with van der Waals surface area (Å²) in [5.74, 6) is -0.132. The minimum absolute atomic E-state index is 0.132. The van der Waals surface area contributed by atoms with E-state index in [2.05, 4.69) is 37.4 Å². The molecule has 0 spiro atoms. The van der Waals surface area contributed by atoms with Crippen LogP contribution in [0.5, 0.6) is 0 Å². The maximum absolute atomic E-state index is 12.3. The summed E-state index contributed by atoms with van der Waals surface area (Å²) in [6, 6.07) is -0.650. The lowest BCUT2D eigenvalue weighted by molar-refractivity contribution is -0.122. The van der Waals surface area contributed by atoms with Crippen molar-refractivity contribution in [2.75, 3.05) is 6.61 Å². The van der Waals surface area contributed by atoms with Crippen molar-refractivity contribution in [2.45, 2.75) is 199 Å². The van der Waals surface area contributed by atoms with Gasteiger partial charge in [-0.15, -0.1) is 0 Å². The minimum Gasteiger partial charge on any atom is -0.394 e. The predicted molar refractivity (Wildman–Crippen MR) is 188 cm³/mol. The fourth-order valence-electron chi connectivity index (χ4n) is 5.46. The molecule has 0 rings (SSSR count). The quantitative estimate of drug-likeness (QED) is 0.0516. The maximum Gasteiger partial charge on any atom is 0.220 e. The van der Waals surface area contributed by atoms with E-state index in [-0.39, 0.29) is 12.5 Å². The summed E-state index contributed by atoms with van der Waals surface area (Å²) in [6.45, 7) is 4.26. The Hall–Kier alpha value is -1.39. The van der Waals surface area contributed by atoms with Gasteiger partial charge >= 0.3 is 0 Å². The van der Waals surface area contributed by atoms with E-state index in [1.807, 2.05) is 12.2 Å². The zero-order valence-corrected chi connectivity index (χ0v) is 28.7. The standard InChI is InChI=1S/C39H73NO3/c1-3-5-7-9-11-13-15-17-18-19-20-21-23-24-26-28-30-32-34-38(42)37(36-41)40-39(43)35-33-31-29-27-25-22-16-14-12-10-8-6-4-2/h22,25,29,31-32,34,37-38,41-42H,3-21,23-24,26-28,30,33,35-36H2,1-2H3,(H,40,43)/b25-22-,31-29-,34-32+. The number of rotatable bonds is 33. The first-order valence-electron chi connectivity index (χ1n) is 18.7. The molecule has 4 nitrogen and oxygen atoms in total. The molecule has 2 atom stereocenters. The first-order chi connectivity index (χ1) is 21.2. The highest BCUT2D eigenvalue weighted by Gasteiger charge is 2.17. The van der Waals surface area contributed by atoms with Gasteiger partial charge < -0.3 is 15.5 Å². The van der Waals surface area contributed by atoms with Gasteiger partial charge in [0.25, 0.3) is 0 Å². The lowest BCUT2D eigenvalue weighted by Gasteiger charge is -2.19. The van der Waals surface area contributed by atoms with Crippen LogP contribution < -0.4 is 5.32 Å². The average molecular weight is 604 g/mol. The number of carbonyl (C=O) groups excluding carboxylic acids is 1. The summed E-state index contributed by atoms with van der Waals surface area (Å²) >= 11 is 0. The lowest BCUT2D eigenvalue weighted by atomic mass is 10.0. The molecule has 43 heavy (non-hydrogen) atoms. The van der Waals surface area contributed by atoms with Gasteiger partial charge in [-0.2, -0.15) is 0 Å². The second-order valence-electron chi connectivity index (χ2n) is 12.6. The molecule has 0 saturated carbocycles. The smallest absolute Gasteiger partial charge is 0.220 e. The summed E-state index contributed by atoms with van der Waals surface area (Å²) in [7, 11) is 0. The van der Waals surface area contributed by atoms with Crippen molar-refractivity contribution in [3.63, 3.8) is 0 Å². The van der Waals surface area contributed by atoms with Crippen LogP contribution in [0.4, 0.5) is 0 Å². The number of hydrogen-bond acceptors (Lipinski definition) is 3. The SMILES string of the molecule is CCCCCCCC/C=C\C/C=C\CCC(=O)NC(CO)C(O)/C=C/CCCCCCCCCCCCCCCCCC. The third-order valence-electron chi connectivity index (χ3n) is 8.38. The molecule has 0 aromatic heterocycles. The maximum atomic E-state index is 12.3. The van der Waals surface area contributed by atoms with Crippen LogP contribution in [0.1, 0.15) is 187 Å². The van der Waals surface area contributed by atoms with Crippen LogP contribution in [0.2, 0.25) is 0 Å². The van der Waals surface area contributed by atoms with Crippen molar-refractivity contribution >= 4 is 5.91 Å². The monoisotopic (exact) mass is 604 g/mol. The molecule has 0 radical (unpaired) electrons. The zero-order valence-electron chi connectivity index (χ0n) is 28.7. The van der Waals surface area contributed by atoms with Crippen molar-refractivity contribution in [3.05, 3.63) is 36.5 Å². The van der Waals surface area contributed by atoms with Gasteiger partial charge in [-0.05, 0) is 38.5 Å². The number of hydrogen-bond donors (Lipinski definition) is 3. The number of nitrogens with one attached hydrogen (secondary N) is 1. The summed E-state index contributed by atoms with van der Waals surface area (Å²) in [5, 5.41) is 22.8. The van der Waals surface area contributed by atoms with Gasteiger partial charge in [-0.25, -0.2) is 0 Å². The van der Waals surface area contributed by atoms with Crippen molar-refractivity contribution in [1.29, 1.82) is 0 Å². The van der Waals surface area contributed by atoms with Crippen LogP contribution in [0, 0.1) is 0 Å². The zero-order chi connectivity index (χ0) is 31.5. The normalized spacial score (nSPS) is 13.5. The number of unbranched alkanes of at least 4 members (excludes halogenated alkanes) is 22. The number of allylic oxidation sites excluding steroid dienone is 5. The van der Waals surface area contributed by atoms with Crippen molar-refractivity contribution < 1.29 is 15.0 Å². The third-order valence-corrected chi connectivity index (χ3v) is 8.38.